The lowest BCUT2D eigenvalue weighted by atomic mass is 9.95. The van der Waals surface area contributed by atoms with Gasteiger partial charge in [-0.15, -0.1) is 13.2 Å². The molecule has 0 saturated heterocycles. The Morgan fingerprint density at radius 2 is 1.66 bits per heavy atom. The van der Waals surface area contributed by atoms with Crippen molar-refractivity contribution in [1.82, 2.24) is 10.4 Å². The topological polar surface area (TPSA) is 64.9 Å². The molecule has 0 unspecified atom stereocenters. The van der Waals surface area contributed by atoms with E-state index in [1.165, 1.54) is 6.08 Å². The fourth-order valence-electron chi connectivity index (χ4n) is 3.02. The number of hydrogen-bond acceptors (Lipinski definition) is 4. The van der Waals surface area contributed by atoms with Gasteiger partial charge in [0.2, 0.25) is 0 Å². The first kappa shape index (κ1) is 21.9. The first-order valence-corrected chi connectivity index (χ1v) is 9.45. The van der Waals surface area contributed by atoms with E-state index in [0.717, 1.165) is 22.3 Å². The van der Waals surface area contributed by atoms with Crippen molar-refractivity contribution in [3.05, 3.63) is 102 Å². The molecule has 0 radical (unpaired) electrons. The van der Waals surface area contributed by atoms with Gasteiger partial charge in [-0.2, -0.15) is 5.06 Å². The Labute approximate surface area is 172 Å². The number of aliphatic imine (C=N–C) groups is 1. The minimum Gasteiger partial charge on any atom is -0.380 e. The van der Waals surface area contributed by atoms with Gasteiger partial charge in [0.25, 0.3) is 5.91 Å². The molecule has 0 atom stereocenters. The Kier molecular flexibility index (Phi) is 8.12. The van der Waals surface area contributed by atoms with Crippen molar-refractivity contribution in [1.29, 1.82) is 0 Å². The van der Waals surface area contributed by atoms with Gasteiger partial charge in [0.05, 0.1) is 5.70 Å². The van der Waals surface area contributed by atoms with Crippen LogP contribution in [-0.2, 0) is 11.3 Å². The van der Waals surface area contributed by atoms with Crippen molar-refractivity contribution in [2.75, 3.05) is 6.54 Å². The lowest BCUT2D eigenvalue weighted by Crippen LogP contribution is -2.41. The molecule has 1 aliphatic heterocycles. The summed E-state index contributed by atoms with van der Waals surface area (Å²) in [4.78, 5) is 16.6. The second kappa shape index (κ2) is 10.8. The molecular formula is C24H27N3O2. The first-order chi connectivity index (χ1) is 14.1. The molecule has 1 amide bonds. The van der Waals surface area contributed by atoms with Crippen LogP contribution in [0.4, 0.5) is 0 Å². The zero-order valence-corrected chi connectivity index (χ0v) is 16.9. The molecule has 3 rings (SSSR count). The molecule has 5 nitrogen and oxygen atoms in total. The quantitative estimate of drug-likeness (QED) is 0.581. The molecular weight excluding hydrogens is 362 g/mol. The molecule has 1 heterocycles. The average molecular weight is 389 g/mol. The van der Waals surface area contributed by atoms with Gasteiger partial charge in [0.1, 0.15) is 0 Å². The molecule has 2 N–H and O–H groups in total. The Morgan fingerprint density at radius 1 is 1.07 bits per heavy atom. The molecule has 150 valence electrons. The van der Waals surface area contributed by atoms with E-state index < -0.39 is 5.91 Å². The summed E-state index contributed by atoms with van der Waals surface area (Å²) < 4.78 is 0. The number of carbonyl (C=O) groups is 1. The summed E-state index contributed by atoms with van der Waals surface area (Å²) in [5, 5.41) is 14.3. The minimum absolute atomic E-state index is 0.266. The van der Waals surface area contributed by atoms with Crippen LogP contribution in [0, 0.1) is 0 Å². The van der Waals surface area contributed by atoms with Gasteiger partial charge >= 0.3 is 0 Å². The van der Waals surface area contributed by atoms with Gasteiger partial charge in [-0.25, -0.2) is 0 Å². The number of benzene rings is 2. The van der Waals surface area contributed by atoms with Crippen LogP contribution in [0.2, 0.25) is 0 Å². The van der Waals surface area contributed by atoms with Crippen LogP contribution >= 0.6 is 0 Å². The van der Waals surface area contributed by atoms with E-state index in [2.05, 4.69) is 23.5 Å². The van der Waals surface area contributed by atoms with Crippen LogP contribution in [0.15, 0.2) is 96.2 Å². The van der Waals surface area contributed by atoms with Gasteiger partial charge in [-0.3, -0.25) is 15.0 Å². The SMILES string of the molecule is C=C.CCN=C1/C(=C(\C)c2ccccc2)C(NCc2ccccc2)=CC(=O)N1O. The highest BCUT2D eigenvalue weighted by atomic mass is 16.5. The summed E-state index contributed by atoms with van der Waals surface area (Å²) >= 11 is 0. The molecule has 0 saturated carbocycles. The normalized spacial score (nSPS) is 16.7. The Hall–Kier alpha value is -3.44. The van der Waals surface area contributed by atoms with Crippen molar-refractivity contribution >= 4 is 17.3 Å². The maximum absolute atomic E-state index is 12.3. The molecule has 5 heteroatoms. The van der Waals surface area contributed by atoms with E-state index in [1.54, 1.807) is 0 Å². The fourth-order valence-corrected chi connectivity index (χ4v) is 3.02. The highest BCUT2D eigenvalue weighted by molar-refractivity contribution is 6.18. The summed E-state index contributed by atoms with van der Waals surface area (Å²) in [6, 6.07) is 19.8. The van der Waals surface area contributed by atoms with Crippen molar-refractivity contribution in [2.45, 2.75) is 20.4 Å². The molecule has 0 spiro atoms. The van der Waals surface area contributed by atoms with Crippen LogP contribution in [0.5, 0.6) is 0 Å². The maximum atomic E-state index is 12.3. The Balaban J connectivity index is 0.00000145. The van der Waals surface area contributed by atoms with Crippen molar-refractivity contribution in [3.8, 4) is 0 Å². The second-order valence-corrected chi connectivity index (χ2v) is 6.21. The van der Waals surface area contributed by atoms with Gasteiger partial charge < -0.3 is 5.32 Å². The molecule has 0 aromatic heterocycles. The predicted octanol–water partition coefficient (Wildman–Crippen LogP) is 4.59. The second-order valence-electron chi connectivity index (χ2n) is 6.21. The van der Waals surface area contributed by atoms with Gasteiger partial charge in [0, 0.05) is 24.7 Å². The number of hydroxylamine groups is 2. The summed E-state index contributed by atoms with van der Waals surface area (Å²) in [6.45, 7) is 10.9. The van der Waals surface area contributed by atoms with Crippen LogP contribution in [0.3, 0.4) is 0 Å². The van der Waals surface area contributed by atoms with Gasteiger partial charge in [0.15, 0.2) is 5.84 Å². The first-order valence-electron chi connectivity index (χ1n) is 9.45. The van der Waals surface area contributed by atoms with E-state index in [4.69, 9.17) is 0 Å². The third-order valence-corrected chi connectivity index (χ3v) is 4.39. The third-order valence-electron chi connectivity index (χ3n) is 4.39. The lowest BCUT2D eigenvalue weighted by molar-refractivity contribution is -0.143. The van der Waals surface area contributed by atoms with Crippen LogP contribution in [0.1, 0.15) is 25.0 Å². The van der Waals surface area contributed by atoms with Gasteiger partial charge in [-0.1, -0.05) is 60.7 Å². The van der Waals surface area contributed by atoms with Crippen LogP contribution < -0.4 is 5.32 Å². The molecule has 2 aromatic carbocycles. The summed E-state index contributed by atoms with van der Waals surface area (Å²) in [7, 11) is 0. The van der Waals surface area contributed by atoms with E-state index in [-0.39, 0.29) is 5.84 Å². The third kappa shape index (κ3) is 5.30. The smallest absolute Gasteiger partial charge is 0.278 e. The molecule has 2 aromatic rings. The van der Waals surface area contributed by atoms with Crippen molar-refractivity contribution in [2.24, 2.45) is 4.99 Å². The number of amides is 1. The Morgan fingerprint density at radius 3 is 2.24 bits per heavy atom. The molecule has 29 heavy (non-hydrogen) atoms. The summed E-state index contributed by atoms with van der Waals surface area (Å²) in [6.07, 6.45) is 1.42. The minimum atomic E-state index is -0.512. The fraction of sp³-hybridized carbons (Fsp3) is 0.167. The number of hydrogen-bond donors (Lipinski definition) is 2. The summed E-state index contributed by atoms with van der Waals surface area (Å²) in [5.41, 5.74) is 4.42. The van der Waals surface area contributed by atoms with E-state index in [1.807, 2.05) is 74.5 Å². The number of allylic oxidation sites excluding steroid dienone is 1. The maximum Gasteiger partial charge on any atom is 0.278 e. The molecule has 0 aliphatic carbocycles. The van der Waals surface area contributed by atoms with E-state index >= 15 is 0 Å². The van der Waals surface area contributed by atoms with Crippen LogP contribution in [-0.4, -0.2) is 28.6 Å². The lowest BCUT2D eigenvalue weighted by Gasteiger charge is -2.27. The largest absolute Gasteiger partial charge is 0.380 e. The zero-order valence-electron chi connectivity index (χ0n) is 16.9. The molecule has 0 bridgehead atoms. The average Bonchev–Trinajstić information content (AvgIpc) is 2.78. The Bertz CT molecular complexity index is 916. The monoisotopic (exact) mass is 389 g/mol. The summed E-state index contributed by atoms with van der Waals surface area (Å²) in [5.74, 6) is -0.246. The number of nitrogens with zero attached hydrogens (tertiary/aromatic N) is 2. The van der Waals surface area contributed by atoms with E-state index in [0.29, 0.717) is 23.8 Å². The number of rotatable bonds is 5. The standard InChI is InChI=1S/C22H23N3O2.C2H4/c1-3-23-22-21(16(2)18-12-8-5-9-13-18)19(14-20(26)25(22)27)24-15-17-10-6-4-7-11-17;1-2/h4-14,24,27H,3,15H2,1-2H3;1-2H2/b21-16+,23-22?;. The zero-order chi connectivity index (χ0) is 21.2. The van der Waals surface area contributed by atoms with Crippen molar-refractivity contribution < 1.29 is 10.0 Å². The number of nitrogens with one attached hydrogen (secondary N) is 1. The van der Waals surface area contributed by atoms with Crippen molar-refractivity contribution in [3.63, 3.8) is 0 Å². The van der Waals surface area contributed by atoms with Gasteiger partial charge in [-0.05, 0) is 30.5 Å². The highest BCUT2D eigenvalue weighted by Crippen LogP contribution is 2.28. The predicted molar refractivity (Wildman–Crippen MR) is 118 cm³/mol. The van der Waals surface area contributed by atoms with Crippen LogP contribution in [0.25, 0.3) is 5.57 Å². The van der Waals surface area contributed by atoms with E-state index in [9.17, 15) is 10.0 Å². The number of amidine groups is 1. The highest BCUT2D eigenvalue weighted by Gasteiger charge is 2.30. The molecule has 0 fully saturated rings. The molecule has 1 aliphatic rings. The number of carbonyl (C=O) groups excluding carboxylic acids is 1.